The summed E-state index contributed by atoms with van der Waals surface area (Å²) in [5.74, 6) is 0.813. The quantitative estimate of drug-likeness (QED) is 0.463. The van der Waals surface area contributed by atoms with Gasteiger partial charge in [0.1, 0.15) is 0 Å². The molecule has 4 rings (SSSR count). The Kier molecular flexibility index (Phi) is 7.21. The van der Waals surface area contributed by atoms with Gasteiger partial charge in [-0.2, -0.15) is 4.31 Å². The molecular formula is C26H31N3O3S2. The van der Waals surface area contributed by atoms with E-state index in [1.54, 1.807) is 16.4 Å². The maximum Gasteiger partial charge on any atom is 0.257 e. The minimum Gasteiger partial charge on any atom is -0.298 e. The summed E-state index contributed by atoms with van der Waals surface area (Å²) in [5.41, 5.74) is 3.46. The summed E-state index contributed by atoms with van der Waals surface area (Å²) in [6.45, 7) is 9.53. The second-order valence-electron chi connectivity index (χ2n) is 9.56. The first-order chi connectivity index (χ1) is 16.1. The van der Waals surface area contributed by atoms with Crippen LogP contribution in [-0.2, 0) is 10.0 Å². The molecule has 6 nitrogen and oxygen atoms in total. The zero-order valence-corrected chi connectivity index (χ0v) is 21.6. The van der Waals surface area contributed by atoms with E-state index >= 15 is 0 Å². The van der Waals surface area contributed by atoms with Crippen LogP contribution in [0.15, 0.2) is 58.8 Å². The number of carbonyl (C=O) groups is 1. The van der Waals surface area contributed by atoms with Gasteiger partial charge in [-0.05, 0) is 54.0 Å². The lowest BCUT2D eigenvalue weighted by atomic mass is 9.94. The monoisotopic (exact) mass is 497 g/mol. The van der Waals surface area contributed by atoms with Crippen molar-refractivity contribution in [3.63, 3.8) is 0 Å². The van der Waals surface area contributed by atoms with Crippen LogP contribution in [0.1, 0.15) is 56.0 Å². The van der Waals surface area contributed by atoms with Gasteiger partial charge in [-0.3, -0.25) is 10.1 Å². The normalized spacial score (nSPS) is 19.3. The van der Waals surface area contributed by atoms with Crippen LogP contribution in [0, 0.1) is 11.8 Å². The van der Waals surface area contributed by atoms with Crippen LogP contribution in [0.5, 0.6) is 0 Å². The van der Waals surface area contributed by atoms with Crippen molar-refractivity contribution in [3.05, 3.63) is 65.0 Å². The minimum absolute atomic E-state index is 0.215. The van der Waals surface area contributed by atoms with Gasteiger partial charge in [0.25, 0.3) is 5.91 Å². The van der Waals surface area contributed by atoms with Crippen molar-refractivity contribution in [2.75, 3.05) is 18.4 Å². The van der Waals surface area contributed by atoms with E-state index in [4.69, 9.17) is 0 Å². The van der Waals surface area contributed by atoms with Crippen LogP contribution >= 0.6 is 11.3 Å². The van der Waals surface area contributed by atoms with E-state index in [0.29, 0.717) is 41.5 Å². The number of hydrogen-bond donors (Lipinski definition) is 1. The average molecular weight is 498 g/mol. The minimum atomic E-state index is -3.57. The molecule has 2 heterocycles. The molecule has 0 radical (unpaired) electrons. The van der Waals surface area contributed by atoms with Crippen molar-refractivity contribution in [2.24, 2.45) is 11.8 Å². The van der Waals surface area contributed by atoms with E-state index in [9.17, 15) is 13.2 Å². The lowest BCUT2D eigenvalue weighted by Crippen LogP contribution is -2.42. The summed E-state index contributed by atoms with van der Waals surface area (Å²) >= 11 is 1.36. The van der Waals surface area contributed by atoms with Crippen LogP contribution in [0.2, 0.25) is 0 Å². The summed E-state index contributed by atoms with van der Waals surface area (Å²) in [5, 5.41) is 5.23. The number of carbonyl (C=O) groups excluding carboxylic acids is 1. The number of nitrogens with zero attached hydrogens (tertiary/aromatic N) is 2. The molecule has 0 bridgehead atoms. The van der Waals surface area contributed by atoms with E-state index in [-0.39, 0.29) is 10.8 Å². The van der Waals surface area contributed by atoms with Gasteiger partial charge in [0.05, 0.1) is 10.6 Å². The lowest BCUT2D eigenvalue weighted by molar-refractivity contribution is 0.102. The van der Waals surface area contributed by atoms with E-state index in [2.05, 4.69) is 50.1 Å². The maximum atomic E-state index is 13.1. The second kappa shape index (κ2) is 9.98. The molecule has 0 aliphatic carbocycles. The van der Waals surface area contributed by atoms with E-state index < -0.39 is 10.0 Å². The lowest BCUT2D eigenvalue weighted by Gasteiger charge is -2.34. The van der Waals surface area contributed by atoms with E-state index in [0.717, 1.165) is 17.7 Å². The zero-order valence-electron chi connectivity index (χ0n) is 20.0. The van der Waals surface area contributed by atoms with Crippen LogP contribution in [0.3, 0.4) is 0 Å². The molecular weight excluding hydrogens is 466 g/mol. The molecule has 2 aromatic carbocycles. The molecule has 34 heavy (non-hydrogen) atoms. The number of rotatable bonds is 6. The summed E-state index contributed by atoms with van der Waals surface area (Å²) < 4.78 is 27.7. The number of piperidine rings is 1. The molecule has 1 saturated heterocycles. The van der Waals surface area contributed by atoms with E-state index in [1.165, 1.54) is 29.0 Å². The van der Waals surface area contributed by atoms with Crippen molar-refractivity contribution in [1.29, 1.82) is 0 Å². The predicted molar refractivity (Wildman–Crippen MR) is 138 cm³/mol. The third kappa shape index (κ3) is 5.40. The molecule has 1 fully saturated rings. The van der Waals surface area contributed by atoms with Crippen molar-refractivity contribution >= 4 is 32.4 Å². The molecule has 8 heteroatoms. The third-order valence-electron chi connectivity index (χ3n) is 6.19. The molecule has 0 unspecified atom stereocenters. The Bertz CT molecular complexity index is 1240. The Labute approximate surface area is 206 Å². The molecule has 1 amide bonds. The van der Waals surface area contributed by atoms with Crippen LogP contribution in [0.25, 0.3) is 11.3 Å². The maximum absolute atomic E-state index is 13.1. The smallest absolute Gasteiger partial charge is 0.257 e. The van der Waals surface area contributed by atoms with Crippen molar-refractivity contribution in [2.45, 2.75) is 44.9 Å². The van der Waals surface area contributed by atoms with E-state index in [1.807, 2.05) is 17.5 Å². The fourth-order valence-electron chi connectivity index (χ4n) is 4.40. The van der Waals surface area contributed by atoms with Crippen molar-refractivity contribution in [1.82, 2.24) is 9.29 Å². The Morgan fingerprint density at radius 2 is 1.65 bits per heavy atom. The Hall–Kier alpha value is -2.55. The van der Waals surface area contributed by atoms with Gasteiger partial charge < -0.3 is 0 Å². The topological polar surface area (TPSA) is 79.4 Å². The molecule has 180 valence electrons. The van der Waals surface area contributed by atoms with Gasteiger partial charge in [-0.25, -0.2) is 13.4 Å². The first kappa shape index (κ1) is 24.6. The molecule has 0 spiro atoms. The number of nitrogens with one attached hydrogen (secondary N) is 1. The van der Waals surface area contributed by atoms with Gasteiger partial charge in [0, 0.05) is 29.6 Å². The largest absolute Gasteiger partial charge is 0.298 e. The molecule has 1 N–H and O–H groups in total. The number of sulfonamides is 1. The Morgan fingerprint density at radius 3 is 2.24 bits per heavy atom. The highest BCUT2D eigenvalue weighted by atomic mass is 32.2. The first-order valence-corrected chi connectivity index (χ1v) is 13.9. The van der Waals surface area contributed by atoms with Crippen LogP contribution in [0.4, 0.5) is 5.13 Å². The van der Waals surface area contributed by atoms with Gasteiger partial charge in [-0.1, -0.05) is 52.0 Å². The van der Waals surface area contributed by atoms with Gasteiger partial charge in [0.15, 0.2) is 5.13 Å². The van der Waals surface area contributed by atoms with Gasteiger partial charge in [0.2, 0.25) is 10.0 Å². The summed E-state index contributed by atoms with van der Waals surface area (Å²) in [6, 6.07) is 14.4. The molecule has 0 saturated carbocycles. The second-order valence-corrected chi connectivity index (χ2v) is 12.4. The number of amides is 1. The number of thiazole rings is 1. The summed E-state index contributed by atoms with van der Waals surface area (Å²) in [4.78, 5) is 17.5. The molecule has 3 aromatic rings. The molecule has 2 atom stereocenters. The van der Waals surface area contributed by atoms with Gasteiger partial charge >= 0.3 is 0 Å². The average Bonchev–Trinajstić information content (AvgIpc) is 3.27. The zero-order chi connectivity index (χ0) is 24.5. The van der Waals surface area contributed by atoms with Crippen LogP contribution in [-0.4, -0.2) is 36.7 Å². The first-order valence-electron chi connectivity index (χ1n) is 11.6. The number of benzene rings is 2. The fraction of sp³-hybridized carbons (Fsp3) is 0.385. The number of aromatic nitrogens is 1. The summed E-state index contributed by atoms with van der Waals surface area (Å²) in [7, 11) is -3.57. The standard InChI is InChI=1S/C26H31N3O3S2/c1-17(2)20-5-7-21(8-6-20)24-16-33-26(27-24)28-25(30)22-9-11-23(12-10-22)34(31,32)29-14-18(3)13-19(4)15-29/h5-12,16-19H,13-15H2,1-4H3,(H,27,28,30)/t18-,19-/m0/s1. The third-order valence-corrected chi connectivity index (χ3v) is 8.79. The van der Waals surface area contributed by atoms with Gasteiger partial charge in [-0.15, -0.1) is 11.3 Å². The molecule has 1 aliphatic rings. The summed E-state index contributed by atoms with van der Waals surface area (Å²) in [6.07, 6.45) is 1.03. The highest BCUT2D eigenvalue weighted by Gasteiger charge is 2.31. The Balaban J connectivity index is 1.43. The highest BCUT2D eigenvalue weighted by molar-refractivity contribution is 7.89. The number of anilines is 1. The SMILES string of the molecule is CC(C)c1ccc(-c2csc(NC(=O)c3ccc(S(=O)(=O)N4C[C@@H](C)C[C@H](C)C4)cc3)n2)cc1. The van der Waals surface area contributed by atoms with Crippen molar-refractivity contribution in [3.8, 4) is 11.3 Å². The Morgan fingerprint density at radius 1 is 1.03 bits per heavy atom. The predicted octanol–water partition coefficient (Wildman–Crippen LogP) is 5.85. The molecule has 1 aromatic heterocycles. The highest BCUT2D eigenvalue weighted by Crippen LogP contribution is 2.28. The molecule has 1 aliphatic heterocycles. The van der Waals surface area contributed by atoms with Crippen molar-refractivity contribution < 1.29 is 13.2 Å². The van der Waals surface area contributed by atoms with Crippen LogP contribution < -0.4 is 5.32 Å². The number of hydrogen-bond acceptors (Lipinski definition) is 5. The fourth-order valence-corrected chi connectivity index (χ4v) is 6.80.